The van der Waals surface area contributed by atoms with Crippen LogP contribution in [0.2, 0.25) is 0 Å². The van der Waals surface area contributed by atoms with Crippen LogP contribution in [0.25, 0.3) is 10.9 Å². The van der Waals surface area contributed by atoms with Crippen molar-refractivity contribution in [3.8, 4) is 0 Å². The Labute approximate surface area is 119 Å². The zero-order valence-corrected chi connectivity index (χ0v) is 11.6. The topological polar surface area (TPSA) is 34.1 Å². The van der Waals surface area contributed by atoms with Crippen molar-refractivity contribution >= 4 is 10.9 Å². The second-order valence-corrected chi connectivity index (χ2v) is 5.98. The molecule has 20 heavy (non-hydrogen) atoms. The van der Waals surface area contributed by atoms with E-state index in [-0.39, 0.29) is 6.10 Å². The first-order chi connectivity index (χ1) is 9.90. The predicted octanol–water partition coefficient (Wildman–Crippen LogP) is 3.06. The number of rotatable bonds is 4. The normalized spacial score (nSPS) is 26.2. The fourth-order valence-electron chi connectivity index (χ4n) is 3.09. The van der Waals surface area contributed by atoms with Crippen LogP contribution in [0, 0.1) is 5.92 Å². The molecule has 2 heterocycles. The first-order valence-corrected chi connectivity index (χ1v) is 7.60. The van der Waals surface area contributed by atoms with E-state index in [1.807, 2.05) is 12.3 Å². The van der Waals surface area contributed by atoms with Gasteiger partial charge in [-0.2, -0.15) is 0 Å². The molecular weight excluding hydrogens is 248 g/mol. The highest BCUT2D eigenvalue weighted by molar-refractivity contribution is 5.79. The Bertz CT molecular complexity index is 609. The average molecular weight is 268 g/mol. The molecule has 1 saturated carbocycles. The van der Waals surface area contributed by atoms with Gasteiger partial charge < -0.3 is 10.1 Å². The Morgan fingerprint density at radius 2 is 2.15 bits per heavy atom. The minimum Gasteiger partial charge on any atom is -0.373 e. The molecule has 1 N–H and O–H groups in total. The number of hydrogen-bond acceptors (Lipinski definition) is 3. The molecule has 1 aliphatic heterocycles. The van der Waals surface area contributed by atoms with E-state index in [9.17, 15) is 0 Å². The highest BCUT2D eigenvalue weighted by atomic mass is 16.5. The molecule has 2 unspecified atom stereocenters. The SMILES string of the molecule is c1cnc2ccc(C3OCCC3CNC3CC3)cc2c1. The minimum atomic E-state index is 0.242. The van der Waals surface area contributed by atoms with E-state index >= 15 is 0 Å². The van der Waals surface area contributed by atoms with Gasteiger partial charge in [0.1, 0.15) is 0 Å². The lowest BCUT2D eigenvalue weighted by atomic mass is 9.94. The van der Waals surface area contributed by atoms with Crippen LogP contribution < -0.4 is 5.32 Å². The summed E-state index contributed by atoms with van der Waals surface area (Å²) in [4.78, 5) is 4.38. The van der Waals surface area contributed by atoms with Gasteiger partial charge in [0.05, 0.1) is 11.6 Å². The molecule has 3 nitrogen and oxygen atoms in total. The second kappa shape index (κ2) is 5.15. The molecule has 1 aromatic carbocycles. The van der Waals surface area contributed by atoms with Crippen molar-refractivity contribution in [3.63, 3.8) is 0 Å². The molecule has 1 aliphatic carbocycles. The smallest absolute Gasteiger partial charge is 0.0866 e. The van der Waals surface area contributed by atoms with Crippen molar-refractivity contribution in [1.82, 2.24) is 10.3 Å². The molecule has 3 heteroatoms. The summed E-state index contributed by atoms with van der Waals surface area (Å²) in [7, 11) is 0. The van der Waals surface area contributed by atoms with E-state index < -0.39 is 0 Å². The minimum absolute atomic E-state index is 0.242. The van der Waals surface area contributed by atoms with Gasteiger partial charge >= 0.3 is 0 Å². The van der Waals surface area contributed by atoms with Crippen molar-refractivity contribution < 1.29 is 4.74 Å². The number of benzene rings is 1. The maximum absolute atomic E-state index is 5.99. The van der Waals surface area contributed by atoms with E-state index in [1.54, 1.807) is 0 Å². The molecular formula is C17H20N2O. The monoisotopic (exact) mass is 268 g/mol. The summed E-state index contributed by atoms with van der Waals surface area (Å²) in [5.41, 5.74) is 2.35. The summed E-state index contributed by atoms with van der Waals surface area (Å²) in [6.07, 6.45) is 5.94. The maximum atomic E-state index is 5.99. The summed E-state index contributed by atoms with van der Waals surface area (Å²) in [5.74, 6) is 0.602. The largest absolute Gasteiger partial charge is 0.373 e. The Hall–Kier alpha value is -1.45. The molecule has 0 spiro atoms. The Kier molecular flexibility index (Phi) is 3.17. The lowest BCUT2D eigenvalue weighted by Gasteiger charge is -2.19. The van der Waals surface area contributed by atoms with Crippen LogP contribution in [0.1, 0.15) is 30.9 Å². The van der Waals surface area contributed by atoms with Gasteiger partial charge in [-0.1, -0.05) is 12.1 Å². The Balaban J connectivity index is 1.56. The third kappa shape index (κ3) is 2.43. The third-order valence-electron chi connectivity index (χ3n) is 4.42. The lowest BCUT2D eigenvalue weighted by Crippen LogP contribution is -2.26. The number of nitrogens with zero attached hydrogens (tertiary/aromatic N) is 1. The van der Waals surface area contributed by atoms with Gasteiger partial charge in [-0.25, -0.2) is 0 Å². The van der Waals surface area contributed by atoms with Crippen LogP contribution in [-0.4, -0.2) is 24.2 Å². The quantitative estimate of drug-likeness (QED) is 0.925. The van der Waals surface area contributed by atoms with Crippen molar-refractivity contribution in [2.45, 2.75) is 31.4 Å². The highest BCUT2D eigenvalue weighted by Gasteiger charge is 2.31. The van der Waals surface area contributed by atoms with Crippen LogP contribution in [0.3, 0.4) is 0 Å². The highest BCUT2D eigenvalue weighted by Crippen LogP contribution is 2.35. The Morgan fingerprint density at radius 1 is 1.20 bits per heavy atom. The van der Waals surface area contributed by atoms with Gasteiger partial charge in [0, 0.05) is 36.7 Å². The Morgan fingerprint density at radius 3 is 3.05 bits per heavy atom. The second-order valence-electron chi connectivity index (χ2n) is 5.98. The average Bonchev–Trinajstić information content (AvgIpc) is 3.21. The number of fused-ring (bicyclic) bond motifs is 1. The molecule has 2 atom stereocenters. The molecule has 4 rings (SSSR count). The fraction of sp³-hybridized carbons (Fsp3) is 0.471. The fourth-order valence-corrected chi connectivity index (χ4v) is 3.09. The van der Waals surface area contributed by atoms with Gasteiger partial charge in [-0.15, -0.1) is 0 Å². The van der Waals surface area contributed by atoms with Crippen molar-refractivity contribution in [2.75, 3.05) is 13.2 Å². The number of hydrogen-bond donors (Lipinski definition) is 1. The summed E-state index contributed by atoms with van der Waals surface area (Å²) in [6.45, 7) is 1.97. The summed E-state index contributed by atoms with van der Waals surface area (Å²) in [6, 6.07) is 11.4. The van der Waals surface area contributed by atoms with Gasteiger partial charge in [-0.3, -0.25) is 4.98 Å². The molecule has 104 valence electrons. The molecule has 1 aromatic heterocycles. The first kappa shape index (κ1) is 12.3. The molecule has 0 amide bonds. The molecule has 1 saturated heterocycles. The van der Waals surface area contributed by atoms with Crippen molar-refractivity contribution in [2.24, 2.45) is 5.92 Å². The van der Waals surface area contributed by atoms with E-state index in [0.29, 0.717) is 5.92 Å². The van der Waals surface area contributed by atoms with Gasteiger partial charge in [-0.05, 0) is 43.0 Å². The van der Waals surface area contributed by atoms with Crippen molar-refractivity contribution in [3.05, 3.63) is 42.1 Å². The van der Waals surface area contributed by atoms with Gasteiger partial charge in [0.2, 0.25) is 0 Å². The van der Waals surface area contributed by atoms with E-state index in [4.69, 9.17) is 4.74 Å². The number of aromatic nitrogens is 1. The van der Waals surface area contributed by atoms with E-state index in [0.717, 1.165) is 31.1 Å². The molecule has 0 bridgehead atoms. The number of pyridine rings is 1. The van der Waals surface area contributed by atoms with E-state index in [2.05, 4.69) is 34.6 Å². The van der Waals surface area contributed by atoms with Gasteiger partial charge in [0.25, 0.3) is 0 Å². The van der Waals surface area contributed by atoms with Crippen LogP contribution in [0.4, 0.5) is 0 Å². The lowest BCUT2D eigenvalue weighted by molar-refractivity contribution is 0.0905. The molecule has 2 fully saturated rings. The summed E-state index contributed by atoms with van der Waals surface area (Å²) in [5, 5.41) is 4.85. The van der Waals surface area contributed by atoms with Crippen LogP contribution in [-0.2, 0) is 4.74 Å². The third-order valence-corrected chi connectivity index (χ3v) is 4.42. The number of nitrogens with one attached hydrogen (secondary N) is 1. The van der Waals surface area contributed by atoms with Crippen molar-refractivity contribution in [1.29, 1.82) is 0 Å². The maximum Gasteiger partial charge on any atom is 0.0866 e. The van der Waals surface area contributed by atoms with Crippen LogP contribution >= 0.6 is 0 Å². The summed E-state index contributed by atoms with van der Waals surface area (Å²) < 4.78 is 5.99. The van der Waals surface area contributed by atoms with Crippen LogP contribution in [0.5, 0.6) is 0 Å². The molecule has 0 radical (unpaired) electrons. The predicted molar refractivity (Wildman–Crippen MR) is 79.6 cm³/mol. The van der Waals surface area contributed by atoms with E-state index in [1.165, 1.54) is 23.8 Å². The molecule has 2 aliphatic rings. The standard InChI is InChI=1S/C17H20N2O/c1-2-12-10-13(3-6-16(12)18-8-1)17-14(7-9-20-17)11-19-15-4-5-15/h1-3,6,8,10,14-15,17,19H,4-5,7,9,11H2. The summed E-state index contributed by atoms with van der Waals surface area (Å²) >= 11 is 0. The zero-order valence-electron chi connectivity index (χ0n) is 11.6. The first-order valence-electron chi connectivity index (χ1n) is 7.60. The molecule has 2 aromatic rings. The van der Waals surface area contributed by atoms with Crippen LogP contribution in [0.15, 0.2) is 36.5 Å². The number of ether oxygens (including phenoxy) is 1. The zero-order chi connectivity index (χ0) is 13.4. The van der Waals surface area contributed by atoms with Gasteiger partial charge in [0.15, 0.2) is 0 Å².